The first kappa shape index (κ1) is 10.3. The van der Waals surface area contributed by atoms with Gasteiger partial charge >= 0.3 is 0 Å². The van der Waals surface area contributed by atoms with Gasteiger partial charge in [0.05, 0.1) is 13.2 Å². The third-order valence-corrected chi connectivity index (χ3v) is 1.67. The van der Waals surface area contributed by atoms with Crippen molar-refractivity contribution in [2.24, 2.45) is 5.11 Å². The first-order valence-electron chi connectivity index (χ1n) is 4.14. The van der Waals surface area contributed by atoms with Gasteiger partial charge in [-0.3, -0.25) is 0 Å². The first-order valence-corrected chi connectivity index (χ1v) is 4.14. The topological polar surface area (TPSA) is 58.0 Å². The number of nitrogens with zero attached hydrogens (tertiary/aromatic N) is 3. The number of hydrogen-bond donors (Lipinski definition) is 0. The molecule has 0 N–H and O–H groups in total. The smallest absolute Gasteiger partial charge is 0.167 e. The normalized spacial score (nSPS) is 9.29. The lowest BCUT2D eigenvalue weighted by Crippen LogP contribution is -2.02. The van der Waals surface area contributed by atoms with Crippen LogP contribution in [0.3, 0.4) is 0 Å². The predicted molar refractivity (Wildman–Crippen MR) is 50.6 cm³/mol. The predicted octanol–water partition coefficient (Wildman–Crippen LogP) is 2.82. The molecule has 0 fully saturated rings. The van der Waals surface area contributed by atoms with E-state index in [0.29, 0.717) is 5.56 Å². The van der Waals surface area contributed by atoms with Crippen LogP contribution >= 0.6 is 0 Å². The molecular weight excluding hydrogens is 185 g/mol. The quantitative estimate of drug-likeness (QED) is 0.315. The maximum absolute atomic E-state index is 13.3. The second kappa shape index (κ2) is 5.09. The van der Waals surface area contributed by atoms with Crippen LogP contribution < -0.4 is 4.74 Å². The minimum atomic E-state index is -0.367. The third kappa shape index (κ3) is 2.64. The first-order chi connectivity index (χ1) is 6.75. The molecule has 0 amide bonds. The van der Waals surface area contributed by atoms with Crippen LogP contribution in [0.4, 0.5) is 4.39 Å². The molecule has 0 spiro atoms. The lowest BCUT2D eigenvalue weighted by atomic mass is 10.2. The SMILES string of the molecule is Cc1cccc(OCCN=[N+]=[N-])c1F. The van der Waals surface area contributed by atoms with Crippen molar-refractivity contribution in [1.82, 2.24) is 0 Å². The van der Waals surface area contributed by atoms with Gasteiger partial charge in [0, 0.05) is 4.91 Å². The molecule has 5 heteroatoms. The van der Waals surface area contributed by atoms with Crippen LogP contribution in [0.15, 0.2) is 23.3 Å². The van der Waals surface area contributed by atoms with Crippen molar-refractivity contribution in [2.75, 3.05) is 13.2 Å². The van der Waals surface area contributed by atoms with Crippen molar-refractivity contribution >= 4 is 0 Å². The molecule has 0 saturated heterocycles. The fourth-order valence-corrected chi connectivity index (χ4v) is 0.973. The zero-order valence-electron chi connectivity index (χ0n) is 7.77. The van der Waals surface area contributed by atoms with Crippen molar-refractivity contribution in [1.29, 1.82) is 0 Å². The molecule has 0 atom stereocenters. The van der Waals surface area contributed by atoms with Crippen LogP contribution in [-0.4, -0.2) is 13.2 Å². The van der Waals surface area contributed by atoms with Crippen LogP contribution in [-0.2, 0) is 0 Å². The Morgan fingerprint density at radius 3 is 3.07 bits per heavy atom. The van der Waals surface area contributed by atoms with Gasteiger partial charge < -0.3 is 4.74 Å². The van der Waals surface area contributed by atoms with Gasteiger partial charge in [-0.1, -0.05) is 17.2 Å². The van der Waals surface area contributed by atoms with Gasteiger partial charge in [0.15, 0.2) is 11.6 Å². The fraction of sp³-hybridized carbons (Fsp3) is 0.333. The Morgan fingerprint density at radius 1 is 1.57 bits per heavy atom. The molecule has 0 aliphatic carbocycles. The maximum atomic E-state index is 13.3. The molecule has 0 radical (unpaired) electrons. The number of benzene rings is 1. The van der Waals surface area contributed by atoms with E-state index in [0.717, 1.165) is 0 Å². The summed E-state index contributed by atoms with van der Waals surface area (Å²) in [5.41, 5.74) is 8.52. The minimum absolute atomic E-state index is 0.185. The summed E-state index contributed by atoms with van der Waals surface area (Å²) in [5.74, 6) is -0.174. The molecule has 1 aromatic carbocycles. The van der Waals surface area contributed by atoms with Crippen molar-refractivity contribution in [3.05, 3.63) is 40.0 Å². The highest BCUT2D eigenvalue weighted by Crippen LogP contribution is 2.19. The van der Waals surface area contributed by atoms with E-state index >= 15 is 0 Å². The lowest BCUT2D eigenvalue weighted by Gasteiger charge is -2.06. The average Bonchev–Trinajstić information content (AvgIpc) is 2.19. The molecule has 0 heterocycles. The molecule has 0 unspecified atom stereocenters. The van der Waals surface area contributed by atoms with Gasteiger partial charge in [0.25, 0.3) is 0 Å². The van der Waals surface area contributed by atoms with E-state index in [9.17, 15) is 4.39 Å². The summed E-state index contributed by atoms with van der Waals surface area (Å²) in [6.07, 6.45) is 0. The molecule has 0 aliphatic rings. The van der Waals surface area contributed by atoms with Crippen LogP contribution in [0.1, 0.15) is 5.56 Å². The van der Waals surface area contributed by atoms with Gasteiger partial charge in [0.1, 0.15) is 0 Å². The Kier molecular flexibility index (Phi) is 3.76. The summed E-state index contributed by atoms with van der Waals surface area (Å²) >= 11 is 0. The van der Waals surface area contributed by atoms with Crippen LogP contribution in [0.25, 0.3) is 10.4 Å². The highest BCUT2D eigenvalue weighted by molar-refractivity contribution is 5.29. The number of hydrogen-bond acceptors (Lipinski definition) is 2. The van der Waals surface area contributed by atoms with Gasteiger partial charge in [-0.15, -0.1) is 0 Å². The monoisotopic (exact) mass is 195 g/mol. The van der Waals surface area contributed by atoms with E-state index in [4.69, 9.17) is 10.3 Å². The summed E-state index contributed by atoms with van der Waals surface area (Å²) in [5, 5.41) is 3.27. The summed E-state index contributed by atoms with van der Waals surface area (Å²) in [6, 6.07) is 4.91. The summed E-state index contributed by atoms with van der Waals surface area (Å²) < 4.78 is 18.4. The van der Waals surface area contributed by atoms with E-state index in [1.807, 2.05) is 0 Å². The van der Waals surface area contributed by atoms with E-state index < -0.39 is 0 Å². The summed E-state index contributed by atoms with van der Waals surface area (Å²) in [7, 11) is 0. The number of ether oxygens (including phenoxy) is 1. The molecule has 1 rings (SSSR count). The van der Waals surface area contributed by atoms with E-state index in [1.54, 1.807) is 25.1 Å². The van der Waals surface area contributed by atoms with Crippen molar-refractivity contribution in [2.45, 2.75) is 6.92 Å². The van der Waals surface area contributed by atoms with E-state index in [1.165, 1.54) is 0 Å². The van der Waals surface area contributed by atoms with Gasteiger partial charge in [-0.05, 0) is 24.1 Å². The Hall–Kier alpha value is -1.74. The number of rotatable bonds is 4. The number of aryl methyl sites for hydroxylation is 1. The van der Waals surface area contributed by atoms with Gasteiger partial charge in [-0.25, -0.2) is 4.39 Å². The highest BCUT2D eigenvalue weighted by Gasteiger charge is 2.04. The second-order valence-corrected chi connectivity index (χ2v) is 2.69. The molecule has 74 valence electrons. The van der Waals surface area contributed by atoms with Crippen molar-refractivity contribution < 1.29 is 9.13 Å². The summed E-state index contributed by atoms with van der Waals surface area (Å²) in [6.45, 7) is 2.05. The lowest BCUT2D eigenvalue weighted by molar-refractivity contribution is 0.310. The van der Waals surface area contributed by atoms with E-state index in [-0.39, 0.29) is 24.7 Å². The zero-order chi connectivity index (χ0) is 10.4. The number of halogens is 1. The molecular formula is C9H10FN3O. The average molecular weight is 195 g/mol. The Labute approximate surface area is 80.9 Å². The van der Waals surface area contributed by atoms with E-state index in [2.05, 4.69) is 10.0 Å². The van der Waals surface area contributed by atoms with Gasteiger partial charge in [-0.2, -0.15) is 0 Å². The fourth-order valence-electron chi connectivity index (χ4n) is 0.973. The number of azide groups is 1. The molecule has 1 aromatic rings. The Balaban J connectivity index is 2.58. The van der Waals surface area contributed by atoms with Crippen molar-refractivity contribution in [3.8, 4) is 5.75 Å². The van der Waals surface area contributed by atoms with Gasteiger partial charge in [0.2, 0.25) is 0 Å². The summed E-state index contributed by atoms with van der Waals surface area (Å²) in [4.78, 5) is 2.56. The minimum Gasteiger partial charge on any atom is -0.490 e. The maximum Gasteiger partial charge on any atom is 0.167 e. The molecule has 14 heavy (non-hydrogen) atoms. The van der Waals surface area contributed by atoms with Crippen LogP contribution in [0, 0.1) is 12.7 Å². The Morgan fingerprint density at radius 2 is 2.36 bits per heavy atom. The highest BCUT2D eigenvalue weighted by atomic mass is 19.1. The molecule has 0 saturated carbocycles. The molecule has 0 bridgehead atoms. The molecule has 0 aromatic heterocycles. The Bertz CT molecular complexity index is 361. The van der Waals surface area contributed by atoms with Crippen LogP contribution in [0.5, 0.6) is 5.75 Å². The molecule has 0 aliphatic heterocycles. The largest absolute Gasteiger partial charge is 0.490 e. The second-order valence-electron chi connectivity index (χ2n) is 2.69. The van der Waals surface area contributed by atoms with Crippen molar-refractivity contribution in [3.63, 3.8) is 0 Å². The standard InChI is InChI=1S/C9H10FN3O/c1-7-3-2-4-8(9(7)10)14-6-5-12-13-11/h2-4H,5-6H2,1H3. The zero-order valence-corrected chi connectivity index (χ0v) is 7.77. The third-order valence-electron chi connectivity index (χ3n) is 1.67. The van der Waals surface area contributed by atoms with Crippen LogP contribution in [0.2, 0.25) is 0 Å². The molecule has 4 nitrogen and oxygen atoms in total.